The van der Waals surface area contributed by atoms with Crippen molar-refractivity contribution in [2.75, 3.05) is 66.0 Å². The van der Waals surface area contributed by atoms with Crippen molar-refractivity contribution in [1.82, 2.24) is 0 Å². The van der Waals surface area contributed by atoms with Crippen LogP contribution in [0.25, 0.3) is 0 Å². The second-order valence-corrected chi connectivity index (χ2v) is 8.09. The Balaban J connectivity index is 1.70. The lowest BCUT2D eigenvalue weighted by Crippen LogP contribution is -2.40. The van der Waals surface area contributed by atoms with Gasteiger partial charge in [-0.3, -0.25) is 0 Å². The Morgan fingerprint density at radius 2 is 2.00 bits per heavy atom. The fourth-order valence-corrected chi connectivity index (χ4v) is 3.18. The molecule has 28 heavy (non-hydrogen) atoms. The number of hydrogen-bond acceptors (Lipinski definition) is 6. The van der Waals surface area contributed by atoms with E-state index in [4.69, 9.17) is 18.9 Å². The van der Waals surface area contributed by atoms with Crippen LogP contribution < -0.4 is 0 Å². The van der Waals surface area contributed by atoms with E-state index in [1.807, 2.05) is 18.2 Å². The van der Waals surface area contributed by atoms with Crippen LogP contribution in [0, 0.1) is 5.92 Å². The number of allylic oxidation sites excluding steroid dienone is 1. The van der Waals surface area contributed by atoms with Gasteiger partial charge >= 0.3 is 5.97 Å². The highest BCUT2D eigenvalue weighted by atomic mass is 32.1. The first-order chi connectivity index (χ1) is 13.4. The maximum atomic E-state index is 11.8. The Morgan fingerprint density at radius 3 is 2.75 bits per heavy atom. The molecule has 2 unspecified atom stereocenters. The first kappa shape index (κ1) is 23.0. The Hall–Kier alpha value is -1.28. The van der Waals surface area contributed by atoms with Crippen LogP contribution in [0.4, 0.5) is 0 Å². The van der Waals surface area contributed by atoms with Crippen molar-refractivity contribution < 1.29 is 28.2 Å². The SMILES string of the molecule is CC[N+](C)(C)CCCOCCOC1=CC2OC(=O)C=C(COCCS)C2C=C1. The quantitative estimate of drug-likeness (QED) is 0.218. The van der Waals surface area contributed by atoms with Gasteiger partial charge in [-0.15, -0.1) is 0 Å². The molecule has 0 saturated heterocycles. The molecule has 0 aromatic heterocycles. The normalized spacial score (nSPS) is 21.6. The number of carbonyl (C=O) groups is 1. The van der Waals surface area contributed by atoms with Gasteiger partial charge in [-0.25, -0.2) is 4.79 Å². The number of rotatable bonds is 13. The summed E-state index contributed by atoms with van der Waals surface area (Å²) in [5, 5.41) is 0. The summed E-state index contributed by atoms with van der Waals surface area (Å²) in [5.41, 5.74) is 0.923. The van der Waals surface area contributed by atoms with Crippen LogP contribution in [0.1, 0.15) is 13.3 Å². The largest absolute Gasteiger partial charge is 0.491 e. The number of ether oxygens (including phenoxy) is 4. The summed E-state index contributed by atoms with van der Waals surface area (Å²) in [6.07, 6.45) is 8.00. The van der Waals surface area contributed by atoms with Crippen molar-refractivity contribution in [1.29, 1.82) is 0 Å². The standard InChI is InChI=1S/C21H33NO5S/c1-4-22(2,3)8-5-9-24-10-11-26-18-6-7-19-17(16-25-12-13-28)14-21(23)27-20(19)15-18/h6-7,14-15,19-20H,4-5,8-13,16H2,1-3H3/p+1. The molecule has 1 aliphatic heterocycles. The van der Waals surface area contributed by atoms with Crippen molar-refractivity contribution in [2.45, 2.75) is 19.4 Å². The van der Waals surface area contributed by atoms with Crippen LogP contribution in [-0.4, -0.2) is 82.5 Å². The van der Waals surface area contributed by atoms with Gasteiger partial charge in [-0.05, 0) is 24.6 Å². The molecule has 2 aliphatic rings. The Bertz CT molecular complexity index is 600. The highest BCUT2D eigenvalue weighted by Crippen LogP contribution is 2.30. The van der Waals surface area contributed by atoms with Gasteiger partial charge in [0, 0.05) is 24.2 Å². The number of hydrogen-bond donors (Lipinski definition) is 1. The zero-order valence-electron chi connectivity index (χ0n) is 17.3. The molecule has 0 saturated carbocycles. The number of nitrogens with zero attached hydrogens (tertiary/aromatic N) is 1. The topological polar surface area (TPSA) is 54.0 Å². The molecule has 6 nitrogen and oxygen atoms in total. The van der Waals surface area contributed by atoms with Crippen molar-refractivity contribution >= 4 is 18.6 Å². The van der Waals surface area contributed by atoms with Gasteiger partial charge in [0.05, 0.1) is 53.6 Å². The lowest BCUT2D eigenvalue weighted by Gasteiger charge is -2.31. The lowest BCUT2D eigenvalue weighted by molar-refractivity contribution is -0.888. The zero-order chi connectivity index (χ0) is 20.4. The third-order valence-corrected chi connectivity index (χ3v) is 5.23. The first-order valence-electron chi connectivity index (χ1n) is 9.97. The minimum absolute atomic E-state index is 0.00117. The van der Waals surface area contributed by atoms with Crippen molar-refractivity contribution in [3.05, 3.63) is 35.6 Å². The van der Waals surface area contributed by atoms with Gasteiger partial charge in [-0.2, -0.15) is 12.6 Å². The maximum Gasteiger partial charge on any atom is 0.331 e. The molecule has 1 aliphatic carbocycles. The second-order valence-electron chi connectivity index (χ2n) is 7.64. The van der Waals surface area contributed by atoms with Gasteiger partial charge in [0.25, 0.3) is 0 Å². The molecule has 1 heterocycles. The van der Waals surface area contributed by atoms with E-state index in [0.717, 1.165) is 36.2 Å². The number of esters is 1. The predicted octanol–water partition coefficient (Wildman–Crippen LogP) is 2.37. The molecule has 2 rings (SSSR count). The van der Waals surface area contributed by atoms with E-state index in [9.17, 15) is 4.79 Å². The summed E-state index contributed by atoms with van der Waals surface area (Å²) in [4.78, 5) is 11.8. The Morgan fingerprint density at radius 1 is 1.18 bits per heavy atom. The summed E-state index contributed by atoms with van der Waals surface area (Å²) < 4.78 is 23.4. The molecule has 2 atom stereocenters. The van der Waals surface area contributed by atoms with Crippen LogP contribution in [0.5, 0.6) is 0 Å². The number of fused-ring (bicyclic) bond motifs is 1. The third-order valence-electron chi connectivity index (χ3n) is 5.04. The molecule has 0 bridgehead atoms. The van der Waals surface area contributed by atoms with Gasteiger partial charge in [-0.1, -0.05) is 6.08 Å². The molecule has 0 radical (unpaired) electrons. The van der Waals surface area contributed by atoms with Crippen LogP contribution >= 0.6 is 12.6 Å². The van der Waals surface area contributed by atoms with Crippen LogP contribution in [0.2, 0.25) is 0 Å². The summed E-state index contributed by atoms with van der Waals surface area (Å²) in [5.74, 6) is 1.02. The van der Waals surface area contributed by atoms with Gasteiger partial charge < -0.3 is 23.4 Å². The lowest BCUT2D eigenvalue weighted by atomic mass is 9.87. The minimum atomic E-state index is -0.345. The van der Waals surface area contributed by atoms with E-state index in [2.05, 4.69) is 33.6 Å². The molecule has 0 fully saturated rings. The molecule has 0 spiro atoms. The van der Waals surface area contributed by atoms with Crippen molar-refractivity contribution in [2.24, 2.45) is 5.92 Å². The summed E-state index contributed by atoms with van der Waals surface area (Å²) >= 11 is 4.13. The molecular formula is C21H34NO5S+. The summed E-state index contributed by atoms with van der Waals surface area (Å²) in [6, 6.07) is 0. The summed E-state index contributed by atoms with van der Waals surface area (Å²) in [7, 11) is 4.45. The number of quaternary nitrogens is 1. The molecule has 0 aromatic rings. The third kappa shape index (κ3) is 7.62. The maximum absolute atomic E-state index is 11.8. The smallest absolute Gasteiger partial charge is 0.331 e. The number of carbonyl (C=O) groups excluding carboxylic acids is 1. The summed E-state index contributed by atoms with van der Waals surface area (Å²) in [6.45, 7) is 7.14. The van der Waals surface area contributed by atoms with E-state index in [1.54, 1.807) is 0 Å². The van der Waals surface area contributed by atoms with E-state index in [0.29, 0.717) is 37.9 Å². The second kappa shape index (κ2) is 11.7. The van der Waals surface area contributed by atoms with Crippen LogP contribution in [-0.2, 0) is 23.7 Å². The average molecular weight is 413 g/mol. The molecule has 0 N–H and O–H groups in total. The van der Waals surface area contributed by atoms with Crippen molar-refractivity contribution in [3.63, 3.8) is 0 Å². The van der Waals surface area contributed by atoms with Crippen LogP contribution in [0.15, 0.2) is 35.6 Å². The predicted molar refractivity (Wildman–Crippen MR) is 112 cm³/mol. The van der Waals surface area contributed by atoms with E-state index < -0.39 is 0 Å². The Kier molecular flexibility index (Phi) is 9.58. The molecular weight excluding hydrogens is 378 g/mol. The van der Waals surface area contributed by atoms with Gasteiger partial charge in [0.2, 0.25) is 0 Å². The Labute approximate surface area is 174 Å². The average Bonchev–Trinajstić information content (AvgIpc) is 2.67. The van der Waals surface area contributed by atoms with E-state index >= 15 is 0 Å². The highest BCUT2D eigenvalue weighted by molar-refractivity contribution is 7.80. The van der Waals surface area contributed by atoms with E-state index in [1.165, 1.54) is 6.08 Å². The van der Waals surface area contributed by atoms with Gasteiger partial charge in [0.15, 0.2) is 0 Å². The number of thiol groups is 1. The molecule has 158 valence electrons. The van der Waals surface area contributed by atoms with Crippen molar-refractivity contribution in [3.8, 4) is 0 Å². The fraction of sp³-hybridized carbons (Fsp3) is 0.667. The molecule has 0 amide bonds. The van der Waals surface area contributed by atoms with Crippen LogP contribution in [0.3, 0.4) is 0 Å². The first-order valence-corrected chi connectivity index (χ1v) is 10.6. The molecule has 7 heteroatoms. The van der Waals surface area contributed by atoms with Gasteiger partial charge in [0.1, 0.15) is 18.5 Å². The fourth-order valence-electron chi connectivity index (χ4n) is 3.05. The van der Waals surface area contributed by atoms with E-state index in [-0.39, 0.29) is 18.0 Å². The molecule has 0 aromatic carbocycles. The monoisotopic (exact) mass is 412 g/mol. The zero-order valence-corrected chi connectivity index (χ0v) is 18.2. The minimum Gasteiger partial charge on any atom is -0.491 e. The highest BCUT2D eigenvalue weighted by Gasteiger charge is 2.32.